The lowest BCUT2D eigenvalue weighted by molar-refractivity contribution is 0.0683. The van der Waals surface area contributed by atoms with E-state index in [1.165, 1.54) is 0 Å². The molecule has 0 radical (unpaired) electrons. The van der Waals surface area contributed by atoms with Crippen LogP contribution in [0.5, 0.6) is 0 Å². The van der Waals surface area contributed by atoms with Crippen molar-refractivity contribution in [2.24, 2.45) is 5.41 Å². The first-order valence-electron chi connectivity index (χ1n) is 6.15. The van der Waals surface area contributed by atoms with Crippen LogP contribution >= 0.6 is 15.9 Å². The molecule has 0 saturated heterocycles. The monoisotopic (exact) mass is 299 g/mol. The minimum absolute atomic E-state index is 0.0904. The molecule has 2 rings (SSSR count). The molecule has 1 aromatic carbocycles. The molecule has 1 aromatic rings. The number of nitrogens with one attached hydrogen (secondary N) is 1. The average molecular weight is 300 g/mol. The van der Waals surface area contributed by atoms with Crippen LogP contribution in [0.4, 0.5) is 4.39 Å². The summed E-state index contributed by atoms with van der Waals surface area (Å²) in [6, 6.07) is 5.90. The van der Waals surface area contributed by atoms with Gasteiger partial charge in [0.05, 0.1) is 0 Å². The van der Waals surface area contributed by atoms with Gasteiger partial charge >= 0.3 is 0 Å². The first kappa shape index (κ1) is 13.0. The van der Waals surface area contributed by atoms with Crippen molar-refractivity contribution in [2.45, 2.75) is 39.2 Å². The van der Waals surface area contributed by atoms with Crippen LogP contribution in [-0.2, 0) is 0 Å². The van der Waals surface area contributed by atoms with E-state index in [4.69, 9.17) is 0 Å². The fourth-order valence-corrected chi connectivity index (χ4v) is 3.16. The number of hydrogen-bond donors (Lipinski definition) is 1. The molecule has 2 atom stereocenters. The van der Waals surface area contributed by atoms with Crippen molar-refractivity contribution in [1.29, 1.82) is 0 Å². The van der Waals surface area contributed by atoms with Gasteiger partial charge in [-0.3, -0.25) is 0 Å². The van der Waals surface area contributed by atoms with Gasteiger partial charge in [-0.1, -0.05) is 42.8 Å². The van der Waals surface area contributed by atoms with Gasteiger partial charge in [0.15, 0.2) is 0 Å². The maximum Gasteiger partial charge on any atom is 0.127 e. The van der Waals surface area contributed by atoms with E-state index < -0.39 is 0 Å². The molecule has 94 valence electrons. The first-order chi connectivity index (χ1) is 7.96. The predicted molar refractivity (Wildman–Crippen MR) is 72.7 cm³/mol. The van der Waals surface area contributed by atoms with E-state index in [0.29, 0.717) is 12.0 Å². The highest BCUT2D eigenvalue weighted by Crippen LogP contribution is 2.53. The van der Waals surface area contributed by atoms with Crippen molar-refractivity contribution in [1.82, 2.24) is 5.32 Å². The van der Waals surface area contributed by atoms with Crippen LogP contribution in [0.3, 0.4) is 0 Å². The summed E-state index contributed by atoms with van der Waals surface area (Å²) in [7, 11) is 0. The standard InChI is InChI=1S/C14H19BrFN/c1-4-17-13-8-11(14(13,2)3)10-6-5-9(15)7-12(10)16/h5-7,11,13,17H,4,8H2,1-3H3. The summed E-state index contributed by atoms with van der Waals surface area (Å²) in [6.45, 7) is 7.53. The number of hydrogen-bond acceptors (Lipinski definition) is 1. The predicted octanol–water partition coefficient (Wildman–Crippen LogP) is 4.08. The Labute approximate surface area is 111 Å². The SMILES string of the molecule is CCNC1CC(c2ccc(Br)cc2F)C1(C)C. The summed E-state index contributed by atoms with van der Waals surface area (Å²) in [4.78, 5) is 0. The fourth-order valence-electron chi connectivity index (χ4n) is 2.83. The summed E-state index contributed by atoms with van der Waals surface area (Å²) < 4.78 is 14.7. The van der Waals surface area contributed by atoms with E-state index in [9.17, 15) is 4.39 Å². The minimum atomic E-state index is -0.0904. The number of halogens is 2. The molecule has 1 fully saturated rings. The van der Waals surface area contributed by atoms with Crippen LogP contribution in [0.1, 0.15) is 38.7 Å². The van der Waals surface area contributed by atoms with E-state index in [0.717, 1.165) is 23.0 Å². The summed E-state index contributed by atoms with van der Waals surface area (Å²) in [5, 5.41) is 3.47. The van der Waals surface area contributed by atoms with Crippen LogP contribution in [0.25, 0.3) is 0 Å². The second-order valence-electron chi connectivity index (χ2n) is 5.39. The fraction of sp³-hybridized carbons (Fsp3) is 0.571. The molecule has 2 unspecified atom stereocenters. The van der Waals surface area contributed by atoms with Crippen LogP contribution in [-0.4, -0.2) is 12.6 Å². The van der Waals surface area contributed by atoms with Crippen molar-refractivity contribution in [3.63, 3.8) is 0 Å². The molecular formula is C14H19BrFN. The van der Waals surface area contributed by atoms with Crippen molar-refractivity contribution in [3.8, 4) is 0 Å². The molecule has 1 saturated carbocycles. The third kappa shape index (κ3) is 2.27. The third-order valence-corrected chi connectivity index (χ3v) is 4.55. The van der Waals surface area contributed by atoms with E-state index in [1.54, 1.807) is 6.07 Å². The van der Waals surface area contributed by atoms with Crippen LogP contribution in [0.2, 0.25) is 0 Å². The largest absolute Gasteiger partial charge is 0.314 e. The second kappa shape index (κ2) is 4.69. The van der Waals surface area contributed by atoms with Gasteiger partial charge in [0.1, 0.15) is 5.82 Å². The Morgan fingerprint density at radius 2 is 2.18 bits per heavy atom. The number of benzene rings is 1. The van der Waals surface area contributed by atoms with E-state index in [-0.39, 0.29) is 11.2 Å². The summed E-state index contributed by atoms with van der Waals surface area (Å²) >= 11 is 3.30. The smallest absolute Gasteiger partial charge is 0.127 e. The molecular weight excluding hydrogens is 281 g/mol. The van der Waals surface area contributed by atoms with Crippen molar-refractivity contribution in [2.75, 3.05) is 6.54 Å². The van der Waals surface area contributed by atoms with Gasteiger partial charge < -0.3 is 5.32 Å². The molecule has 1 nitrogen and oxygen atoms in total. The van der Waals surface area contributed by atoms with E-state index in [1.807, 2.05) is 12.1 Å². The van der Waals surface area contributed by atoms with Gasteiger partial charge in [-0.2, -0.15) is 0 Å². The maximum absolute atomic E-state index is 13.9. The zero-order chi connectivity index (χ0) is 12.6. The molecule has 1 aliphatic rings. The molecule has 0 spiro atoms. The van der Waals surface area contributed by atoms with Gasteiger partial charge in [-0.25, -0.2) is 4.39 Å². The average Bonchev–Trinajstić information content (AvgIpc) is 2.25. The molecule has 0 bridgehead atoms. The first-order valence-corrected chi connectivity index (χ1v) is 6.94. The normalized spacial score (nSPS) is 26.6. The lowest BCUT2D eigenvalue weighted by Gasteiger charge is -2.53. The highest BCUT2D eigenvalue weighted by atomic mass is 79.9. The molecule has 0 aromatic heterocycles. The van der Waals surface area contributed by atoms with Crippen LogP contribution in [0, 0.1) is 11.2 Å². The zero-order valence-electron chi connectivity index (χ0n) is 10.6. The van der Waals surface area contributed by atoms with Gasteiger partial charge in [-0.05, 0) is 42.0 Å². The molecule has 1 aliphatic carbocycles. The molecule has 0 heterocycles. The van der Waals surface area contributed by atoms with Gasteiger partial charge in [0.2, 0.25) is 0 Å². The minimum Gasteiger partial charge on any atom is -0.314 e. The quantitative estimate of drug-likeness (QED) is 0.887. The highest BCUT2D eigenvalue weighted by Gasteiger charge is 2.48. The van der Waals surface area contributed by atoms with Gasteiger partial charge in [0.25, 0.3) is 0 Å². The highest BCUT2D eigenvalue weighted by molar-refractivity contribution is 9.10. The lowest BCUT2D eigenvalue weighted by atomic mass is 9.56. The third-order valence-electron chi connectivity index (χ3n) is 4.06. The van der Waals surface area contributed by atoms with Gasteiger partial charge in [-0.15, -0.1) is 0 Å². The van der Waals surface area contributed by atoms with Crippen molar-refractivity contribution >= 4 is 15.9 Å². The summed E-state index contributed by atoms with van der Waals surface area (Å²) in [5.74, 6) is 0.229. The van der Waals surface area contributed by atoms with E-state index >= 15 is 0 Å². The molecule has 0 aliphatic heterocycles. The van der Waals surface area contributed by atoms with Crippen molar-refractivity contribution < 1.29 is 4.39 Å². The molecule has 3 heteroatoms. The Balaban J connectivity index is 2.20. The van der Waals surface area contributed by atoms with Crippen molar-refractivity contribution in [3.05, 3.63) is 34.1 Å². The molecule has 1 N–H and O–H groups in total. The number of rotatable bonds is 3. The second-order valence-corrected chi connectivity index (χ2v) is 6.30. The Kier molecular flexibility index (Phi) is 3.60. The Hall–Kier alpha value is -0.410. The molecule has 0 amide bonds. The summed E-state index contributed by atoms with van der Waals surface area (Å²) in [5.41, 5.74) is 0.984. The van der Waals surface area contributed by atoms with E-state index in [2.05, 4.69) is 42.0 Å². The molecule has 17 heavy (non-hydrogen) atoms. The maximum atomic E-state index is 13.9. The summed E-state index contributed by atoms with van der Waals surface area (Å²) in [6.07, 6.45) is 1.03. The zero-order valence-corrected chi connectivity index (χ0v) is 12.1. The van der Waals surface area contributed by atoms with Crippen LogP contribution in [0.15, 0.2) is 22.7 Å². The van der Waals surface area contributed by atoms with Gasteiger partial charge in [0, 0.05) is 10.5 Å². The Morgan fingerprint density at radius 3 is 2.71 bits per heavy atom. The Morgan fingerprint density at radius 1 is 1.47 bits per heavy atom. The lowest BCUT2D eigenvalue weighted by Crippen LogP contribution is -2.55. The van der Waals surface area contributed by atoms with Crippen LogP contribution < -0.4 is 5.32 Å². The Bertz CT molecular complexity index is 417. The topological polar surface area (TPSA) is 12.0 Å².